The number of nitrogens with one attached hydrogen (secondary N) is 1. The van der Waals surface area contributed by atoms with Crippen molar-refractivity contribution < 1.29 is 0 Å². The first-order valence-electron chi connectivity index (χ1n) is 5.19. The van der Waals surface area contributed by atoms with Crippen LogP contribution in [-0.2, 0) is 6.42 Å². The van der Waals surface area contributed by atoms with Gasteiger partial charge in [0.15, 0.2) is 0 Å². The number of hydrogen-bond donors (Lipinski definition) is 1. The van der Waals surface area contributed by atoms with Crippen LogP contribution in [0, 0.1) is 6.92 Å². The Hall–Kier alpha value is -1.97. The molecule has 0 bridgehead atoms. The molecule has 0 aromatic carbocycles. The van der Waals surface area contributed by atoms with Gasteiger partial charge >= 0.3 is 0 Å². The smallest absolute Gasteiger partial charge is 0.135 e. The lowest BCUT2D eigenvalue weighted by Crippen LogP contribution is -2.02. The predicted octanol–water partition coefficient (Wildman–Crippen LogP) is 1.81. The molecule has 4 nitrogen and oxygen atoms in total. The fraction of sp³-hybridized carbons (Fsp3) is 0.250. The molecule has 16 heavy (non-hydrogen) atoms. The molecule has 1 N–H and O–H groups in total. The van der Waals surface area contributed by atoms with Gasteiger partial charge in [-0.3, -0.25) is 4.98 Å². The largest absolute Gasteiger partial charge is 0.373 e. The Bertz CT molecular complexity index is 468. The second kappa shape index (κ2) is 4.70. The van der Waals surface area contributed by atoms with Gasteiger partial charge in [0.1, 0.15) is 11.6 Å². The molecule has 0 saturated heterocycles. The highest BCUT2D eigenvalue weighted by molar-refractivity contribution is 5.35. The summed E-state index contributed by atoms with van der Waals surface area (Å²) in [6.07, 6.45) is 4.30. The highest BCUT2D eigenvalue weighted by Crippen LogP contribution is 2.09. The van der Waals surface area contributed by atoms with E-state index in [0.717, 1.165) is 23.8 Å². The molecule has 0 aliphatic heterocycles. The molecule has 0 radical (unpaired) electrons. The molecule has 2 aromatic rings. The summed E-state index contributed by atoms with van der Waals surface area (Å²) in [7, 11) is 1.86. The monoisotopic (exact) mass is 214 g/mol. The summed E-state index contributed by atoms with van der Waals surface area (Å²) in [4.78, 5) is 12.8. The molecule has 0 saturated carbocycles. The fourth-order valence-electron chi connectivity index (χ4n) is 1.52. The number of hydrogen-bond acceptors (Lipinski definition) is 4. The number of rotatable bonds is 3. The fourth-order valence-corrected chi connectivity index (χ4v) is 1.52. The van der Waals surface area contributed by atoms with Crippen molar-refractivity contribution in [3.8, 4) is 0 Å². The second-order valence-electron chi connectivity index (χ2n) is 3.59. The van der Waals surface area contributed by atoms with Crippen LogP contribution in [0.25, 0.3) is 0 Å². The van der Waals surface area contributed by atoms with Gasteiger partial charge in [0, 0.05) is 37.6 Å². The molecule has 0 unspecified atom stereocenters. The first kappa shape index (κ1) is 10.5. The molecule has 2 aromatic heterocycles. The van der Waals surface area contributed by atoms with Crippen molar-refractivity contribution in [2.75, 3.05) is 12.4 Å². The average molecular weight is 214 g/mol. The average Bonchev–Trinajstić information content (AvgIpc) is 2.29. The quantitative estimate of drug-likeness (QED) is 0.846. The Kier molecular flexibility index (Phi) is 3.10. The van der Waals surface area contributed by atoms with E-state index in [1.165, 1.54) is 5.56 Å². The van der Waals surface area contributed by atoms with E-state index < -0.39 is 0 Å². The van der Waals surface area contributed by atoms with Gasteiger partial charge in [-0.25, -0.2) is 9.97 Å². The van der Waals surface area contributed by atoms with Crippen molar-refractivity contribution in [2.45, 2.75) is 13.3 Å². The Morgan fingerprint density at radius 2 is 1.94 bits per heavy atom. The zero-order valence-electron chi connectivity index (χ0n) is 9.44. The lowest BCUT2D eigenvalue weighted by atomic mass is 10.2. The van der Waals surface area contributed by atoms with Gasteiger partial charge in [-0.05, 0) is 24.6 Å². The van der Waals surface area contributed by atoms with E-state index in [1.807, 2.05) is 32.2 Å². The van der Waals surface area contributed by atoms with Crippen molar-refractivity contribution >= 4 is 5.82 Å². The van der Waals surface area contributed by atoms with Gasteiger partial charge in [0.25, 0.3) is 0 Å². The van der Waals surface area contributed by atoms with Crippen LogP contribution in [0.1, 0.15) is 17.1 Å². The van der Waals surface area contributed by atoms with Crippen LogP contribution in [0.3, 0.4) is 0 Å². The van der Waals surface area contributed by atoms with Crippen LogP contribution in [-0.4, -0.2) is 22.0 Å². The van der Waals surface area contributed by atoms with Gasteiger partial charge in [-0.1, -0.05) is 0 Å². The molecule has 0 aliphatic rings. The summed E-state index contributed by atoms with van der Waals surface area (Å²) in [5, 5.41) is 3.03. The number of aromatic nitrogens is 3. The molecule has 0 amide bonds. The molecule has 2 heterocycles. The third-order valence-corrected chi connectivity index (χ3v) is 2.27. The van der Waals surface area contributed by atoms with Gasteiger partial charge < -0.3 is 5.32 Å². The van der Waals surface area contributed by atoms with Crippen molar-refractivity contribution in [1.82, 2.24) is 15.0 Å². The highest BCUT2D eigenvalue weighted by Gasteiger charge is 2.02. The van der Waals surface area contributed by atoms with Crippen LogP contribution in [0.2, 0.25) is 0 Å². The van der Waals surface area contributed by atoms with Gasteiger partial charge in [-0.2, -0.15) is 0 Å². The molecular weight excluding hydrogens is 200 g/mol. The summed E-state index contributed by atoms with van der Waals surface area (Å²) >= 11 is 0. The Balaban J connectivity index is 2.24. The number of aryl methyl sites for hydroxylation is 1. The Morgan fingerprint density at radius 1 is 1.19 bits per heavy atom. The minimum atomic E-state index is 0.735. The normalized spacial score (nSPS) is 10.1. The zero-order chi connectivity index (χ0) is 11.4. The van der Waals surface area contributed by atoms with E-state index in [1.54, 1.807) is 12.4 Å². The summed E-state index contributed by atoms with van der Waals surface area (Å²) in [6.45, 7) is 1.97. The summed E-state index contributed by atoms with van der Waals surface area (Å²) in [5.74, 6) is 1.69. The van der Waals surface area contributed by atoms with E-state index in [2.05, 4.69) is 20.3 Å². The van der Waals surface area contributed by atoms with Crippen LogP contribution < -0.4 is 5.32 Å². The van der Waals surface area contributed by atoms with Crippen molar-refractivity contribution in [1.29, 1.82) is 0 Å². The lowest BCUT2D eigenvalue weighted by molar-refractivity contribution is 0.942. The van der Waals surface area contributed by atoms with Gasteiger partial charge in [0.05, 0.1) is 0 Å². The van der Waals surface area contributed by atoms with Crippen LogP contribution >= 0.6 is 0 Å². The van der Waals surface area contributed by atoms with E-state index in [0.29, 0.717) is 0 Å². The molecule has 82 valence electrons. The van der Waals surface area contributed by atoms with Crippen LogP contribution in [0.5, 0.6) is 0 Å². The summed E-state index contributed by atoms with van der Waals surface area (Å²) in [5.41, 5.74) is 2.14. The molecule has 0 atom stereocenters. The Labute approximate surface area is 94.8 Å². The number of nitrogens with zero attached hydrogens (tertiary/aromatic N) is 3. The number of pyridine rings is 1. The molecule has 4 heteroatoms. The highest BCUT2D eigenvalue weighted by atomic mass is 15.0. The van der Waals surface area contributed by atoms with Crippen molar-refractivity contribution in [3.05, 3.63) is 47.7 Å². The lowest BCUT2D eigenvalue weighted by Gasteiger charge is -2.05. The second-order valence-corrected chi connectivity index (χ2v) is 3.59. The van der Waals surface area contributed by atoms with Crippen LogP contribution in [0.15, 0.2) is 30.6 Å². The minimum Gasteiger partial charge on any atom is -0.373 e. The Morgan fingerprint density at radius 3 is 2.62 bits per heavy atom. The van der Waals surface area contributed by atoms with E-state index in [4.69, 9.17) is 0 Å². The molecular formula is C12H14N4. The minimum absolute atomic E-state index is 0.735. The molecule has 2 rings (SSSR count). The molecule has 0 aliphatic carbocycles. The molecule has 0 spiro atoms. The third-order valence-electron chi connectivity index (χ3n) is 2.27. The van der Waals surface area contributed by atoms with E-state index in [-0.39, 0.29) is 0 Å². The van der Waals surface area contributed by atoms with Crippen LogP contribution in [0.4, 0.5) is 5.82 Å². The van der Waals surface area contributed by atoms with Crippen molar-refractivity contribution in [2.24, 2.45) is 0 Å². The summed E-state index contributed by atoms with van der Waals surface area (Å²) < 4.78 is 0. The first-order chi connectivity index (χ1) is 7.78. The third kappa shape index (κ3) is 2.53. The van der Waals surface area contributed by atoms with Gasteiger partial charge in [0.2, 0.25) is 0 Å². The number of anilines is 1. The molecule has 0 fully saturated rings. The maximum Gasteiger partial charge on any atom is 0.135 e. The van der Waals surface area contributed by atoms with Gasteiger partial charge in [-0.15, -0.1) is 0 Å². The summed E-state index contributed by atoms with van der Waals surface area (Å²) in [6, 6.07) is 5.88. The topological polar surface area (TPSA) is 50.7 Å². The maximum atomic E-state index is 4.41. The van der Waals surface area contributed by atoms with E-state index in [9.17, 15) is 0 Å². The predicted molar refractivity (Wildman–Crippen MR) is 63.4 cm³/mol. The standard InChI is InChI=1S/C12H14N4/c1-9-7-11(13-2)16-12(15-9)8-10-3-5-14-6-4-10/h3-7H,8H2,1-2H3,(H,13,15,16). The van der Waals surface area contributed by atoms with E-state index >= 15 is 0 Å². The van der Waals surface area contributed by atoms with Crippen molar-refractivity contribution in [3.63, 3.8) is 0 Å². The maximum absolute atomic E-state index is 4.41. The first-order valence-corrected chi connectivity index (χ1v) is 5.19. The zero-order valence-corrected chi connectivity index (χ0v) is 9.44. The SMILES string of the molecule is CNc1cc(C)nc(Cc2ccncc2)n1.